The van der Waals surface area contributed by atoms with Crippen LogP contribution in [0, 0.1) is 0 Å². The first-order valence-corrected chi connectivity index (χ1v) is 7.81. The lowest BCUT2D eigenvalue weighted by molar-refractivity contribution is 0.0994. The molecule has 9 nitrogen and oxygen atoms in total. The lowest BCUT2D eigenvalue weighted by atomic mass is 10.2. The Morgan fingerprint density at radius 2 is 2.21 bits per heavy atom. The molecule has 0 aromatic carbocycles. The monoisotopic (exact) mass is 328 g/mol. The number of aromatic nitrogens is 4. The Morgan fingerprint density at radius 1 is 1.33 bits per heavy atom. The van der Waals surface area contributed by atoms with Crippen molar-refractivity contribution in [2.45, 2.75) is 18.9 Å². The van der Waals surface area contributed by atoms with Crippen LogP contribution < -0.4 is 21.3 Å². The van der Waals surface area contributed by atoms with E-state index < -0.39 is 5.91 Å². The molecule has 1 amide bonds. The van der Waals surface area contributed by atoms with Gasteiger partial charge in [-0.15, -0.1) is 10.2 Å². The standard InChI is InChI=1S/C15H20N8O/c1-17-13-7-14(20-9-19-13)23-6-2-3-10(23)8-18-12-5-4-11(15(16)24)21-22-12/h4-5,7,9-10H,2-3,6,8H2,1H3,(H2,16,24)(H,18,22)(H,17,19,20). The second-order valence-corrected chi connectivity index (χ2v) is 5.55. The molecule has 0 saturated carbocycles. The van der Waals surface area contributed by atoms with Crippen LogP contribution in [-0.4, -0.2) is 52.3 Å². The molecule has 2 aromatic heterocycles. The lowest BCUT2D eigenvalue weighted by Crippen LogP contribution is -2.35. The van der Waals surface area contributed by atoms with Crippen LogP contribution in [-0.2, 0) is 0 Å². The van der Waals surface area contributed by atoms with Gasteiger partial charge in [0.05, 0.1) is 0 Å². The number of nitrogens with one attached hydrogen (secondary N) is 2. The molecule has 4 N–H and O–H groups in total. The van der Waals surface area contributed by atoms with Gasteiger partial charge in [-0.2, -0.15) is 0 Å². The zero-order valence-electron chi connectivity index (χ0n) is 13.4. The minimum atomic E-state index is -0.583. The molecule has 0 bridgehead atoms. The number of carbonyl (C=O) groups excluding carboxylic acids is 1. The van der Waals surface area contributed by atoms with Crippen molar-refractivity contribution in [2.75, 3.05) is 35.7 Å². The van der Waals surface area contributed by atoms with Gasteiger partial charge in [0.15, 0.2) is 5.69 Å². The largest absolute Gasteiger partial charge is 0.373 e. The first-order chi connectivity index (χ1) is 11.7. The molecule has 1 atom stereocenters. The highest BCUT2D eigenvalue weighted by Gasteiger charge is 2.25. The fraction of sp³-hybridized carbons (Fsp3) is 0.400. The fourth-order valence-corrected chi connectivity index (χ4v) is 2.77. The number of amides is 1. The number of hydrogen-bond acceptors (Lipinski definition) is 8. The predicted molar refractivity (Wildman–Crippen MR) is 91.0 cm³/mol. The third-order valence-electron chi connectivity index (χ3n) is 4.02. The number of anilines is 3. The van der Waals surface area contributed by atoms with Gasteiger partial charge >= 0.3 is 0 Å². The maximum atomic E-state index is 11.0. The molecule has 3 rings (SSSR count). The van der Waals surface area contributed by atoms with Gasteiger partial charge in [-0.25, -0.2) is 9.97 Å². The van der Waals surface area contributed by atoms with Crippen molar-refractivity contribution in [2.24, 2.45) is 5.73 Å². The summed E-state index contributed by atoms with van der Waals surface area (Å²) in [6.45, 7) is 1.67. The predicted octanol–water partition coefficient (Wildman–Crippen LogP) is 0.488. The van der Waals surface area contributed by atoms with Crippen LogP contribution in [0.15, 0.2) is 24.5 Å². The summed E-state index contributed by atoms with van der Waals surface area (Å²) in [5.74, 6) is 1.74. The summed E-state index contributed by atoms with van der Waals surface area (Å²) in [6.07, 6.45) is 3.74. The Labute approximate surface area is 139 Å². The average Bonchev–Trinajstić information content (AvgIpc) is 3.09. The summed E-state index contributed by atoms with van der Waals surface area (Å²) in [5, 5.41) is 14.0. The molecule has 0 spiro atoms. The molecule has 24 heavy (non-hydrogen) atoms. The summed E-state index contributed by atoms with van der Waals surface area (Å²) < 4.78 is 0. The average molecular weight is 328 g/mol. The van der Waals surface area contributed by atoms with Crippen molar-refractivity contribution in [3.8, 4) is 0 Å². The van der Waals surface area contributed by atoms with Crippen LogP contribution >= 0.6 is 0 Å². The van der Waals surface area contributed by atoms with Crippen molar-refractivity contribution >= 4 is 23.4 Å². The van der Waals surface area contributed by atoms with Crippen LogP contribution in [0.3, 0.4) is 0 Å². The SMILES string of the molecule is CNc1cc(N2CCCC2CNc2ccc(C(N)=O)nn2)ncn1. The first-order valence-electron chi connectivity index (χ1n) is 7.81. The number of primary amides is 1. The van der Waals surface area contributed by atoms with Gasteiger partial charge in [-0.1, -0.05) is 0 Å². The van der Waals surface area contributed by atoms with Crippen molar-refractivity contribution < 1.29 is 4.79 Å². The second kappa shape index (κ2) is 7.07. The minimum absolute atomic E-state index is 0.156. The number of nitrogens with zero attached hydrogens (tertiary/aromatic N) is 5. The van der Waals surface area contributed by atoms with Gasteiger partial charge < -0.3 is 21.3 Å². The van der Waals surface area contributed by atoms with E-state index in [0.29, 0.717) is 18.4 Å². The number of nitrogens with two attached hydrogens (primary N) is 1. The van der Waals surface area contributed by atoms with Crippen LogP contribution in [0.25, 0.3) is 0 Å². The summed E-state index contributed by atoms with van der Waals surface area (Å²) in [4.78, 5) is 21.8. The van der Waals surface area contributed by atoms with Gasteiger partial charge in [0.25, 0.3) is 5.91 Å². The van der Waals surface area contributed by atoms with E-state index in [1.54, 1.807) is 18.5 Å². The Balaban J connectivity index is 1.64. The van der Waals surface area contributed by atoms with E-state index >= 15 is 0 Å². The van der Waals surface area contributed by atoms with Crippen molar-refractivity contribution in [1.82, 2.24) is 20.2 Å². The topological polar surface area (TPSA) is 122 Å². The lowest BCUT2D eigenvalue weighted by Gasteiger charge is -2.26. The van der Waals surface area contributed by atoms with Gasteiger partial charge in [-0.3, -0.25) is 4.79 Å². The van der Waals surface area contributed by atoms with Crippen LogP contribution in [0.5, 0.6) is 0 Å². The fourth-order valence-electron chi connectivity index (χ4n) is 2.77. The van der Waals surface area contributed by atoms with Crippen molar-refractivity contribution in [1.29, 1.82) is 0 Å². The number of rotatable bonds is 6. The molecule has 1 unspecified atom stereocenters. The van der Waals surface area contributed by atoms with E-state index in [1.165, 1.54) is 0 Å². The third-order valence-corrected chi connectivity index (χ3v) is 4.02. The van der Waals surface area contributed by atoms with E-state index in [9.17, 15) is 4.79 Å². The zero-order valence-corrected chi connectivity index (χ0v) is 13.4. The van der Waals surface area contributed by atoms with E-state index in [-0.39, 0.29) is 5.69 Å². The Kier molecular flexibility index (Phi) is 4.69. The number of hydrogen-bond donors (Lipinski definition) is 3. The molecule has 1 fully saturated rings. The first kappa shape index (κ1) is 15.9. The molecule has 1 saturated heterocycles. The molecule has 126 valence electrons. The van der Waals surface area contributed by atoms with E-state index in [0.717, 1.165) is 31.0 Å². The smallest absolute Gasteiger partial charge is 0.269 e. The molecule has 0 aliphatic carbocycles. The Bertz CT molecular complexity index is 705. The number of carbonyl (C=O) groups is 1. The van der Waals surface area contributed by atoms with Gasteiger partial charge in [0.1, 0.15) is 23.8 Å². The van der Waals surface area contributed by atoms with Crippen LogP contribution in [0.1, 0.15) is 23.3 Å². The zero-order chi connectivity index (χ0) is 16.9. The summed E-state index contributed by atoms with van der Waals surface area (Å²) in [7, 11) is 1.84. The molecule has 2 aromatic rings. The second-order valence-electron chi connectivity index (χ2n) is 5.55. The van der Waals surface area contributed by atoms with Crippen molar-refractivity contribution in [3.05, 3.63) is 30.2 Å². The van der Waals surface area contributed by atoms with E-state index in [1.807, 2.05) is 13.1 Å². The highest BCUT2D eigenvalue weighted by atomic mass is 16.1. The molecule has 1 aliphatic rings. The quantitative estimate of drug-likeness (QED) is 0.700. The highest BCUT2D eigenvalue weighted by molar-refractivity contribution is 5.90. The Hall–Kier alpha value is -2.97. The molecule has 1 aliphatic heterocycles. The highest BCUT2D eigenvalue weighted by Crippen LogP contribution is 2.25. The molecule has 0 radical (unpaired) electrons. The van der Waals surface area contributed by atoms with Crippen LogP contribution in [0.2, 0.25) is 0 Å². The van der Waals surface area contributed by atoms with E-state index in [4.69, 9.17) is 5.73 Å². The summed E-state index contributed by atoms with van der Waals surface area (Å²) in [6, 6.07) is 5.52. The van der Waals surface area contributed by atoms with Crippen LogP contribution in [0.4, 0.5) is 17.5 Å². The molecule has 9 heteroatoms. The third kappa shape index (κ3) is 3.50. The maximum Gasteiger partial charge on any atom is 0.269 e. The van der Waals surface area contributed by atoms with Gasteiger partial charge in [0, 0.05) is 32.2 Å². The molecule has 3 heterocycles. The maximum absolute atomic E-state index is 11.0. The van der Waals surface area contributed by atoms with Crippen molar-refractivity contribution in [3.63, 3.8) is 0 Å². The normalized spacial score (nSPS) is 16.9. The summed E-state index contributed by atoms with van der Waals surface area (Å²) in [5.41, 5.74) is 5.31. The van der Waals surface area contributed by atoms with E-state index in [2.05, 4.69) is 35.7 Å². The molecular weight excluding hydrogens is 308 g/mol. The minimum Gasteiger partial charge on any atom is -0.373 e. The van der Waals surface area contributed by atoms with Gasteiger partial charge in [0.2, 0.25) is 0 Å². The van der Waals surface area contributed by atoms with Gasteiger partial charge in [-0.05, 0) is 25.0 Å². The molecular formula is C15H20N8O. The summed E-state index contributed by atoms with van der Waals surface area (Å²) >= 11 is 0. The Morgan fingerprint density at radius 3 is 2.92 bits per heavy atom.